The zero-order chi connectivity index (χ0) is 13.5. The van der Waals surface area contributed by atoms with Gasteiger partial charge in [-0.1, -0.05) is 12.1 Å². The number of hydrogen-bond acceptors (Lipinski definition) is 3. The van der Waals surface area contributed by atoms with E-state index in [0.29, 0.717) is 5.69 Å². The number of nitrogens with one attached hydrogen (secondary N) is 3. The topological polar surface area (TPSA) is 96.2 Å². The third kappa shape index (κ3) is 4.42. The largest absolute Gasteiger partial charge is 0.358 e. The Labute approximate surface area is 106 Å². The summed E-state index contributed by atoms with van der Waals surface area (Å²) >= 11 is 0. The van der Waals surface area contributed by atoms with Crippen LogP contribution in [-0.2, 0) is 4.79 Å². The fourth-order valence-electron chi connectivity index (χ4n) is 1.45. The maximum Gasteiger partial charge on any atom is 0.316 e. The normalized spacial score (nSPS) is 11.7. The van der Waals surface area contributed by atoms with Gasteiger partial charge in [-0.15, -0.1) is 0 Å². The molecule has 6 nitrogen and oxygen atoms in total. The maximum absolute atomic E-state index is 11.1. The van der Waals surface area contributed by atoms with Crippen LogP contribution in [0.25, 0.3) is 0 Å². The molecule has 3 amide bonds. The van der Waals surface area contributed by atoms with Crippen molar-refractivity contribution in [2.75, 3.05) is 18.9 Å². The second-order valence-corrected chi connectivity index (χ2v) is 3.89. The molecule has 0 aliphatic carbocycles. The van der Waals surface area contributed by atoms with Crippen molar-refractivity contribution in [3.8, 4) is 0 Å². The first-order valence-electron chi connectivity index (χ1n) is 5.63. The van der Waals surface area contributed by atoms with Gasteiger partial charge in [0, 0.05) is 18.8 Å². The number of carbonyl (C=O) groups excluding carboxylic acids is 2. The lowest BCUT2D eigenvalue weighted by molar-refractivity contribution is -0.119. The van der Waals surface area contributed by atoms with Gasteiger partial charge in [-0.2, -0.15) is 0 Å². The summed E-state index contributed by atoms with van der Waals surface area (Å²) in [5, 5.41) is 8.11. The van der Waals surface area contributed by atoms with Crippen molar-refractivity contribution in [1.82, 2.24) is 10.6 Å². The molecular formula is C12H18N4O2. The van der Waals surface area contributed by atoms with E-state index in [9.17, 15) is 9.59 Å². The second kappa shape index (κ2) is 6.61. The second-order valence-electron chi connectivity index (χ2n) is 3.89. The van der Waals surface area contributed by atoms with Crippen molar-refractivity contribution in [2.45, 2.75) is 13.0 Å². The summed E-state index contributed by atoms with van der Waals surface area (Å²) in [7, 11) is 1.60. The molecule has 1 aromatic rings. The fourth-order valence-corrected chi connectivity index (χ4v) is 1.45. The summed E-state index contributed by atoms with van der Waals surface area (Å²) < 4.78 is 0. The number of amides is 3. The standard InChI is InChI=1S/C12H18N4O2/c1-8(15-7-11(17)14-2)9-3-5-10(6-4-9)16-12(13)18/h3-6,8,15H,7H2,1-2H3,(H,14,17)(H3,13,16,18). The number of rotatable bonds is 5. The Kier molecular flexibility index (Phi) is 5.13. The number of primary amides is 1. The molecule has 0 bridgehead atoms. The maximum atomic E-state index is 11.1. The van der Waals surface area contributed by atoms with Crippen molar-refractivity contribution in [2.24, 2.45) is 5.73 Å². The Morgan fingerprint density at radius 1 is 1.28 bits per heavy atom. The van der Waals surface area contributed by atoms with Gasteiger partial charge in [-0.05, 0) is 24.6 Å². The molecule has 0 heterocycles. The summed E-state index contributed by atoms with van der Waals surface area (Å²) in [5.41, 5.74) is 6.68. The Morgan fingerprint density at radius 2 is 1.89 bits per heavy atom. The lowest BCUT2D eigenvalue weighted by atomic mass is 10.1. The highest BCUT2D eigenvalue weighted by Gasteiger charge is 2.06. The molecule has 1 unspecified atom stereocenters. The van der Waals surface area contributed by atoms with Crippen LogP contribution in [0.1, 0.15) is 18.5 Å². The average molecular weight is 250 g/mol. The SMILES string of the molecule is CNC(=O)CNC(C)c1ccc(NC(N)=O)cc1. The Hall–Kier alpha value is -2.08. The Balaban J connectivity index is 2.56. The van der Waals surface area contributed by atoms with Crippen LogP contribution in [0.2, 0.25) is 0 Å². The summed E-state index contributed by atoms with van der Waals surface area (Å²) in [4.78, 5) is 21.7. The minimum absolute atomic E-state index is 0.0462. The third-order valence-electron chi connectivity index (χ3n) is 2.53. The van der Waals surface area contributed by atoms with E-state index in [1.54, 1.807) is 19.2 Å². The predicted molar refractivity (Wildman–Crippen MR) is 70.1 cm³/mol. The highest BCUT2D eigenvalue weighted by molar-refractivity contribution is 5.87. The van der Waals surface area contributed by atoms with Gasteiger partial charge in [-0.25, -0.2) is 4.79 Å². The molecule has 1 aromatic carbocycles. The molecule has 0 aliphatic rings. The number of likely N-dealkylation sites (N-methyl/N-ethyl adjacent to an activating group) is 1. The van der Waals surface area contributed by atoms with Gasteiger partial charge >= 0.3 is 6.03 Å². The number of nitrogens with two attached hydrogens (primary N) is 1. The van der Waals surface area contributed by atoms with E-state index in [1.165, 1.54) is 0 Å². The summed E-state index contributed by atoms with van der Waals surface area (Å²) in [6.45, 7) is 2.22. The molecular weight excluding hydrogens is 232 g/mol. The van der Waals surface area contributed by atoms with Crippen molar-refractivity contribution >= 4 is 17.6 Å². The molecule has 0 aliphatic heterocycles. The number of carbonyl (C=O) groups is 2. The molecule has 0 saturated carbocycles. The van der Waals surface area contributed by atoms with E-state index in [0.717, 1.165) is 5.56 Å². The van der Waals surface area contributed by atoms with Crippen LogP contribution in [0.4, 0.5) is 10.5 Å². The average Bonchev–Trinajstić information content (AvgIpc) is 2.35. The van der Waals surface area contributed by atoms with E-state index in [1.807, 2.05) is 19.1 Å². The quantitative estimate of drug-likeness (QED) is 0.615. The van der Waals surface area contributed by atoms with Crippen LogP contribution in [0.5, 0.6) is 0 Å². The van der Waals surface area contributed by atoms with Gasteiger partial charge in [0.05, 0.1) is 6.54 Å². The molecule has 18 heavy (non-hydrogen) atoms. The molecule has 6 heteroatoms. The Bertz CT molecular complexity index is 417. The highest BCUT2D eigenvalue weighted by Crippen LogP contribution is 2.15. The first kappa shape index (κ1) is 14.0. The molecule has 1 atom stereocenters. The predicted octanol–water partition coefficient (Wildman–Crippen LogP) is 0.574. The van der Waals surface area contributed by atoms with E-state index in [-0.39, 0.29) is 18.5 Å². The fraction of sp³-hybridized carbons (Fsp3) is 0.333. The molecule has 0 saturated heterocycles. The van der Waals surface area contributed by atoms with Gasteiger partial charge in [0.1, 0.15) is 0 Å². The molecule has 5 N–H and O–H groups in total. The van der Waals surface area contributed by atoms with Gasteiger partial charge in [0.25, 0.3) is 0 Å². The molecule has 0 aromatic heterocycles. The van der Waals surface area contributed by atoms with Gasteiger partial charge in [0.2, 0.25) is 5.91 Å². The first-order chi connectivity index (χ1) is 8.52. The minimum atomic E-state index is -0.589. The highest BCUT2D eigenvalue weighted by atomic mass is 16.2. The smallest absolute Gasteiger partial charge is 0.316 e. The minimum Gasteiger partial charge on any atom is -0.358 e. The molecule has 98 valence electrons. The van der Waals surface area contributed by atoms with E-state index >= 15 is 0 Å². The lowest BCUT2D eigenvalue weighted by Gasteiger charge is -2.14. The third-order valence-corrected chi connectivity index (χ3v) is 2.53. The van der Waals surface area contributed by atoms with Crippen molar-refractivity contribution in [3.05, 3.63) is 29.8 Å². The molecule has 0 radical (unpaired) electrons. The molecule has 0 spiro atoms. The monoisotopic (exact) mass is 250 g/mol. The molecule has 0 fully saturated rings. The summed E-state index contributed by atoms with van der Waals surface area (Å²) in [6, 6.07) is 6.72. The van der Waals surface area contributed by atoms with Crippen molar-refractivity contribution in [1.29, 1.82) is 0 Å². The van der Waals surface area contributed by atoms with Crippen LogP contribution in [-0.4, -0.2) is 25.5 Å². The van der Waals surface area contributed by atoms with Crippen LogP contribution >= 0.6 is 0 Å². The molecule has 1 rings (SSSR count). The van der Waals surface area contributed by atoms with Crippen molar-refractivity contribution < 1.29 is 9.59 Å². The number of benzene rings is 1. The summed E-state index contributed by atoms with van der Waals surface area (Å²) in [5.74, 6) is -0.0612. The van der Waals surface area contributed by atoms with E-state index in [4.69, 9.17) is 5.73 Å². The van der Waals surface area contributed by atoms with Gasteiger partial charge in [-0.3, -0.25) is 4.79 Å². The van der Waals surface area contributed by atoms with Crippen LogP contribution < -0.4 is 21.7 Å². The Morgan fingerprint density at radius 3 is 2.39 bits per heavy atom. The zero-order valence-corrected chi connectivity index (χ0v) is 10.5. The van der Waals surface area contributed by atoms with Crippen LogP contribution in [0.15, 0.2) is 24.3 Å². The number of urea groups is 1. The number of anilines is 1. The summed E-state index contributed by atoms with van der Waals surface area (Å²) in [6.07, 6.45) is 0. The zero-order valence-electron chi connectivity index (χ0n) is 10.5. The number of hydrogen-bond donors (Lipinski definition) is 4. The van der Waals surface area contributed by atoms with Gasteiger partial charge in [0.15, 0.2) is 0 Å². The van der Waals surface area contributed by atoms with Gasteiger partial charge < -0.3 is 21.7 Å². The van der Waals surface area contributed by atoms with E-state index < -0.39 is 6.03 Å². The first-order valence-corrected chi connectivity index (χ1v) is 5.63. The van der Waals surface area contributed by atoms with Crippen molar-refractivity contribution in [3.63, 3.8) is 0 Å². The lowest BCUT2D eigenvalue weighted by Crippen LogP contribution is -2.32. The van der Waals surface area contributed by atoms with Crippen LogP contribution in [0.3, 0.4) is 0 Å². The van der Waals surface area contributed by atoms with Crippen LogP contribution in [0, 0.1) is 0 Å². The van der Waals surface area contributed by atoms with E-state index in [2.05, 4.69) is 16.0 Å².